The number of benzene rings is 2. The molecule has 0 aromatic heterocycles. The van der Waals surface area contributed by atoms with Gasteiger partial charge in [0.1, 0.15) is 23.9 Å². The van der Waals surface area contributed by atoms with Crippen LogP contribution in [0.25, 0.3) is 0 Å². The zero-order valence-corrected chi connectivity index (χ0v) is 15.1. The minimum absolute atomic E-state index is 0.115. The minimum atomic E-state index is -0.560. The maximum Gasteiger partial charge on any atom is 0.279 e. The molecule has 25 heavy (non-hydrogen) atoms. The number of nitrogens with one attached hydrogen (secondary N) is 2. The third-order valence-corrected chi connectivity index (χ3v) is 3.89. The molecule has 0 radical (unpaired) electrons. The van der Waals surface area contributed by atoms with Crippen LogP contribution in [0, 0.1) is 5.82 Å². The topological polar surface area (TPSA) is 52.0 Å². The highest BCUT2D eigenvalue weighted by atomic mass is 35.5. The maximum absolute atomic E-state index is 13.7. The van der Waals surface area contributed by atoms with Crippen molar-refractivity contribution in [3.8, 4) is 11.5 Å². The van der Waals surface area contributed by atoms with Crippen molar-refractivity contribution in [2.24, 2.45) is 0 Å². The molecule has 7 heteroatoms. The van der Waals surface area contributed by atoms with Gasteiger partial charge in [0.2, 0.25) is 0 Å². The monoisotopic (exact) mass is 367 g/mol. The van der Waals surface area contributed by atoms with Crippen molar-refractivity contribution in [3.63, 3.8) is 0 Å². The average Bonchev–Trinajstić information content (AvgIpc) is 2.57. The van der Waals surface area contributed by atoms with Crippen molar-refractivity contribution in [1.29, 1.82) is 0 Å². The highest BCUT2D eigenvalue weighted by molar-refractivity contribution is 6.30. The molecule has 2 aromatic carbocycles. The van der Waals surface area contributed by atoms with Crippen LogP contribution in [0.4, 0.5) is 10.1 Å². The summed E-state index contributed by atoms with van der Waals surface area (Å²) >= 11 is 5.70. The predicted octanol–water partition coefficient (Wildman–Crippen LogP) is 2.15. The molecule has 0 aliphatic carbocycles. The van der Waals surface area contributed by atoms with Gasteiger partial charge < -0.3 is 19.7 Å². The highest BCUT2D eigenvalue weighted by Crippen LogP contribution is 2.23. The van der Waals surface area contributed by atoms with Gasteiger partial charge in [-0.25, -0.2) is 4.39 Å². The first-order chi connectivity index (χ1) is 11.9. The lowest BCUT2D eigenvalue weighted by molar-refractivity contribution is -0.885. The molecule has 0 aliphatic rings. The molecular formula is C18H21ClFN2O3+. The number of rotatable bonds is 7. The Morgan fingerprint density at radius 2 is 1.96 bits per heavy atom. The summed E-state index contributed by atoms with van der Waals surface area (Å²) in [5, 5.41) is 2.84. The van der Waals surface area contributed by atoms with Crippen molar-refractivity contribution in [2.45, 2.75) is 6.54 Å². The number of methoxy groups -OCH3 is 2. The van der Waals surface area contributed by atoms with E-state index in [1.807, 2.05) is 19.2 Å². The highest BCUT2D eigenvalue weighted by Gasteiger charge is 2.15. The Morgan fingerprint density at radius 3 is 2.60 bits per heavy atom. The maximum atomic E-state index is 13.7. The second-order valence-corrected chi connectivity index (χ2v) is 6.10. The summed E-state index contributed by atoms with van der Waals surface area (Å²) in [5.74, 6) is 0.554. The number of hydrogen-bond acceptors (Lipinski definition) is 3. The zero-order chi connectivity index (χ0) is 18.4. The van der Waals surface area contributed by atoms with E-state index in [0.717, 1.165) is 16.5 Å². The van der Waals surface area contributed by atoms with E-state index in [1.165, 1.54) is 12.1 Å². The van der Waals surface area contributed by atoms with Gasteiger partial charge in [-0.2, -0.15) is 0 Å². The summed E-state index contributed by atoms with van der Waals surface area (Å²) in [4.78, 5) is 13.0. The first-order valence-electron chi connectivity index (χ1n) is 7.70. The smallest absolute Gasteiger partial charge is 0.279 e. The molecule has 1 amide bonds. The molecule has 2 aromatic rings. The van der Waals surface area contributed by atoms with Gasteiger partial charge in [0.05, 0.1) is 27.0 Å². The number of ether oxygens (including phenoxy) is 2. The van der Waals surface area contributed by atoms with Crippen molar-refractivity contribution < 1.29 is 23.6 Å². The molecule has 1 atom stereocenters. The van der Waals surface area contributed by atoms with Crippen LogP contribution in [0.5, 0.6) is 11.5 Å². The van der Waals surface area contributed by atoms with E-state index in [9.17, 15) is 9.18 Å². The van der Waals surface area contributed by atoms with Crippen LogP contribution >= 0.6 is 11.6 Å². The molecule has 0 heterocycles. The molecular weight excluding hydrogens is 347 g/mol. The van der Waals surface area contributed by atoms with Crippen LogP contribution in [-0.2, 0) is 11.3 Å². The molecule has 0 aliphatic heterocycles. The van der Waals surface area contributed by atoms with Crippen LogP contribution in [0.1, 0.15) is 5.56 Å². The SMILES string of the molecule is COc1ccc(C[NH+](C)CC(=O)Nc2ccc(Cl)cc2F)c(OC)c1. The number of halogens is 2. The quantitative estimate of drug-likeness (QED) is 0.788. The number of carbonyl (C=O) groups is 1. The number of quaternary nitrogens is 1. The van der Waals surface area contributed by atoms with Gasteiger partial charge in [0.25, 0.3) is 5.91 Å². The summed E-state index contributed by atoms with van der Waals surface area (Å²) < 4.78 is 24.3. The summed E-state index contributed by atoms with van der Waals surface area (Å²) in [7, 11) is 5.05. The van der Waals surface area contributed by atoms with Crippen LogP contribution in [0.2, 0.25) is 5.02 Å². The van der Waals surface area contributed by atoms with Crippen molar-refractivity contribution in [3.05, 3.63) is 52.8 Å². The first kappa shape index (κ1) is 19.0. The zero-order valence-electron chi connectivity index (χ0n) is 14.4. The van der Waals surface area contributed by atoms with E-state index in [-0.39, 0.29) is 23.2 Å². The van der Waals surface area contributed by atoms with Gasteiger partial charge in [-0.3, -0.25) is 4.79 Å². The molecule has 0 spiro atoms. The van der Waals surface area contributed by atoms with E-state index in [2.05, 4.69) is 5.32 Å². The third kappa shape index (κ3) is 5.34. The van der Waals surface area contributed by atoms with E-state index >= 15 is 0 Å². The fourth-order valence-electron chi connectivity index (χ4n) is 2.44. The van der Waals surface area contributed by atoms with Gasteiger partial charge in [-0.15, -0.1) is 0 Å². The lowest BCUT2D eigenvalue weighted by atomic mass is 10.2. The van der Waals surface area contributed by atoms with Gasteiger partial charge in [-0.05, 0) is 30.3 Å². The lowest BCUT2D eigenvalue weighted by Crippen LogP contribution is -3.08. The molecule has 0 saturated carbocycles. The van der Waals surface area contributed by atoms with E-state index in [0.29, 0.717) is 18.0 Å². The molecule has 5 nitrogen and oxygen atoms in total. The normalized spacial score (nSPS) is 11.7. The van der Waals surface area contributed by atoms with Crippen molar-refractivity contribution in [2.75, 3.05) is 33.1 Å². The Morgan fingerprint density at radius 1 is 1.20 bits per heavy atom. The Bertz CT molecular complexity index is 755. The van der Waals surface area contributed by atoms with Gasteiger partial charge in [0, 0.05) is 16.7 Å². The van der Waals surface area contributed by atoms with Crippen LogP contribution < -0.4 is 19.7 Å². The third-order valence-electron chi connectivity index (χ3n) is 3.65. The Kier molecular flexibility index (Phi) is 6.61. The van der Waals surface area contributed by atoms with Gasteiger partial charge in [-0.1, -0.05) is 11.6 Å². The lowest BCUT2D eigenvalue weighted by Gasteiger charge is -2.16. The summed E-state index contributed by atoms with van der Waals surface area (Å²) in [6.07, 6.45) is 0. The summed E-state index contributed by atoms with van der Waals surface area (Å²) in [6, 6.07) is 9.67. The number of carbonyl (C=O) groups excluding carboxylic acids is 1. The van der Waals surface area contributed by atoms with Gasteiger partial charge in [0.15, 0.2) is 6.54 Å². The molecule has 2 rings (SSSR count). The number of hydrogen-bond donors (Lipinski definition) is 2. The van der Waals surface area contributed by atoms with E-state index in [4.69, 9.17) is 21.1 Å². The molecule has 2 N–H and O–H groups in total. The molecule has 134 valence electrons. The second-order valence-electron chi connectivity index (χ2n) is 5.66. The number of anilines is 1. The van der Waals surface area contributed by atoms with Crippen molar-refractivity contribution >= 4 is 23.2 Å². The fourth-order valence-corrected chi connectivity index (χ4v) is 2.60. The van der Waals surface area contributed by atoms with E-state index in [1.54, 1.807) is 20.3 Å². The Labute approximate surface area is 151 Å². The second kappa shape index (κ2) is 8.69. The number of likely N-dealkylation sites (N-methyl/N-ethyl adjacent to an activating group) is 1. The van der Waals surface area contributed by atoms with Crippen LogP contribution in [0.15, 0.2) is 36.4 Å². The van der Waals surface area contributed by atoms with E-state index < -0.39 is 5.82 Å². The summed E-state index contributed by atoms with van der Waals surface area (Å²) in [6.45, 7) is 0.751. The first-order valence-corrected chi connectivity index (χ1v) is 8.08. The van der Waals surface area contributed by atoms with Crippen LogP contribution in [0.3, 0.4) is 0 Å². The molecule has 0 fully saturated rings. The Hall–Kier alpha value is -2.31. The fraction of sp³-hybridized carbons (Fsp3) is 0.278. The molecule has 0 saturated heterocycles. The standard InChI is InChI=1S/C18H20ClFN2O3/c1-22(10-12-4-6-14(24-2)9-17(12)25-3)11-18(23)21-16-7-5-13(19)8-15(16)20/h4-9H,10-11H2,1-3H3,(H,21,23)/p+1. The Balaban J connectivity index is 1.97. The van der Waals surface area contributed by atoms with Crippen molar-refractivity contribution in [1.82, 2.24) is 0 Å². The summed E-state index contributed by atoms with van der Waals surface area (Å²) in [5.41, 5.74) is 1.07. The predicted molar refractivity (Wildman–Crippen MR) is 95.0 cm³/mol. The van der Waals surface area contributed by atoms with Gasteiger partial charge >= 0.3 is 0 Å². The minimum Gasteiger partial charge on any atom is -0.497 e. The molecule has 1 unspecified atom stereocenters. The largest absolute Gasteiger partial charge is 0.497 e. The average molecular weight is 368 g/mol. The number of amides is 1. The molecule has 0 bridgehead atoms. The van der Waals surface area contributed by atoms with Crippen LogP contribution in [-0.4, -0.2) is 33.7 Å².